The number of sulfonamides is 1. The number of nitrogens with zero attached hydrogens (tertiary/aromatic N) is 1. The second kappa shape index (κ2) is 8.60. The first-order valence-electron chi connectivity index (χ1n) is 9.87. The molecule has 1 amide bonds. The van der Waals surface area contributed by atoms with Crippen LogP contribution in [0.5, 0.6) is 0 Å². The van der Waals surface area contributed by atoms with Crippen LogP contribution in [0.25, 0.3) is 0 Å². The predicted molar refractivity (Wildman–Crippen MR) is 108 cm³/mol. The Morgan fingerprint density at radius 1 is 1.21 bits per heavy atom. The van der Waals surface area contributed by atoms with Crippen LogP contribution < -0.4 is 4.72 Å². The topological polar surface area (TPSA) is 94.2 Å². The maximum Gasteiger partial charge on any atom is 0.255 e. The van der Waals surface area contributed by atoms with Crippen molar-refractivity contribution < 1.29 is 27.4 Å². The lowest BCUT2D eigenvalue weighted by Crippen LogP contribution is -2.47. The van der Waals surface area contributed by atoms with Crippen LogP contribution >= 0.6 is 15.9 Å². The summed E-state index contributed by atoms with van der Waals surface area (Å²) in [7, 11) is -3.73. The number of amides is 1. The predicted octanol–water partition coefficient (Wildman–Crippen LogP) is 1.89. The molecule has 3 aliphatic rings. The van der Waals surface area contributed by atoms with E-state index in [4.69, 9.17) is 14.2 Å². The summed E-state index contributed by atoms with van der Waals surface area (Å²) < 4.78 is 45.4. The molecule has 0 bridgehead atoms. The van der Waals surface area contributed by atoms with E-state index in [1.165, 1.54) is 12.1 Å². The molecule has 1 unspecified atom stereocenters. The number of carbonyl (C=O) groups is 1. The lowest BCUT2D eigenvalue weighted by Gasteiger charge is -2.37. The molecule has 1 N–H and O–H groups in total. The van der Waals surface area contributed by atoms with E-state index in [-0.39, 0.29) is 23.5 Å². The number of hydrogen-bond acceptors (Lipinski definition) is 6. The molecule has 1 aromatic rings. The number of ether oxygens (including phenoxy) is 3. The van der Waals surface area contributed by atoms with Crippen LogP contribution in [0.15, 0.2) is 27.6 Å². The molecule has 3 saturated heterocycles. The van der Waals surface area contributed by atoms with Gasteiger partial charge in [-0.05, 0) is 47.0 Å². The first-order valence-corrected chi connectivity index (χ1v) is 12.1. The Morgan fingerprint density at radius 2 is 1.93 bits per heavy atom. The number of benzene rings is 1. The van der Waals surface area contributed by atoms with Gasteiger partial charge in [0, 0.05) is 43.6 Å². The highest BCUT2D eigenvalue weighted by molar-refractivity contribution is 9.10. The first-order chi connectivity index (χ1) is 13.9. The van der Waals surface area contributed by atoms with Crippen LogP contribution in [-0.2, 0) is 24.2 Å². The van der Waals surface area contributed by atoms with E-state index in [9.17, 15) is 13.2 Å². The van der Waals surface area contributed by atoms with Crippen LogP contribution in [0.2, 0.25) is 0 Å². The van der Waals surface area contributed by atoms with Crippen molar-refractivity contribution in [2.45, 2.75) is 42.5 Å². The molecule has 160 valence electrons. The molecule has 3 aliphatic heterocycles. The van der Waals surface area contributed by atoms with Gasteiger partial charge in [-0.25, -0.2) is 13.1 Å². The van der Waals surface area contributed by atoms with Gasteiger partial charge in [0.2, 0.25) is 10.0 Å². The Balaban J connectivity index is 1.45. The van der Waals surface area contributed by atoms with Crippen molar-refractivity contribution in [1.29, 1.82) is 0 Å². The Hall–Kier alpha value is -1.04. The highest BCUT2D eigenvalue weighted by Crippen LogP contribution is 2.32. The van der Waals surface area contributed by atoms with Gasteiger partial charge in [-0.2, -0.15) is 0 Å². The van der Waals surface area contributed by atoms with Crippen molar-refractivity contribution in [2.75, 3.05) is 39.5 Å². The zero-order chi connectivity index (χ0) is 20.5. The van der Waals surface area contributed by atoms with Crippen LogP contribution in [0, 0.1) is 0 Å². The maximum absolute atomic E-state index is 13.0. The third-order valence-electron chi connectivity index (χ3n) is 5.63. The van der Waals surface area contributed by atoms with Gasteiger partial charge < -0.3 is 19.1 Å². The summed E-state index contributed by atoms with van der Waals surface area (Å²) >= 11 is 3.38. The van der Waals surface area contributed by atoms with Crippen LogP contribution in [-0.4, -0.2) is 70.6 Å². The monoisotopic (exact) mass is 488 g/mol. The van der Waals surface area contributed by atoms with Gasteiger partial charge in [-0.15, -0.1) is 0 Å². The number of piperidine rings is 1. The van der Waals surface area contributed by atoms with Crippen molar-refractivity contribution in [2.24, 2.45) is 0 Å². The van der Waals surface area contributed by atoms with Crippen LogP contribution in [0.4, 0.5) is 0 Å². The average Bonchev–Trinajstić information content (AvgIpc) is 3.39. The third-order valence-corrected chi connectivity index (χ3v) is 7.74. The average molecular weight is 489 g/mol. The van der Waals surface area contributed by atoms with Gasteiger partial charge in [-0.1, -0.05) is 0 Å². The van der Waals surface area contributed by atoms with Crippen molar-refractivity contribution in [1.82, 2.24) is 9.62 Å². The standard InChI is InChI=1S/C19H25BrN2O6S/c20-17-4-3-15(29(24,25)21-13-14-2-1-9-26-14)12-16(17)18(23)22-7-5-19(6-8-22)27-10-11-28-19/h3-4,12,14,21H,1-2,5-11,13H2. The summed E-state index contributed by atoms with van der Waals surface area (Å²) in [5, 5.41) is 0. The number of carbonyl (C=O) groups excluding carboxylic acids is 1. The SMILES string of the molecule is O=C(c1cc(S(=O)(=O)NCC2CCCO2)ccc1Br)N1CCC2(CC1)OCCO2. The van der Waals surface area contributed by atoms with Crippen molar-refractivity contribution in [3.8, 4) is 0 Å². The first kappa shape index (κ1) is 21.2. The summed E-state index contributed by atoms with van der Waals surface area (Å²) in [5.74, 6) is -0.772. The summed E-state index contributed by atoms with van der Waals surface area (Å²) in [6.07, 6.45) is 2.91. The lowest BCUT2D eigenvalue weighted by atomic mass is 10.0. The zero-order valence-corrected chi connectivity index (χ0v) is 18.5. The minimum absolute atomic E-state index is 0.0676. The fraction of sp³-hybridized carbons (Fsp3) is 0.632. The summed E-state index contributed by atoms with van der Waals surface area (Å²) in [4.78, 5) is 14.8. The number of halogens is 1. The summed E-state index contributed by atoms with van der Waals surface area (Å²) in [6, 6.07) is 4.52. The molecule has 0 saturated carbocycles. The van der Waals surface area contributed by atoms with Crippen molar-refractivity contribution >= 4 is 31.9 Å². The Kier molecular flexibility index (Phi) is 6.29. The van der Waals surface area contributed by atoms with E-state index in [2.05, 4.69) is 20.7 Å². The molecule has 0 radical (unpaired) electrons. The minimum atomic E-state index is -3.73. The molecule has 8 nitrogen and oxygen atoms in total. The number of nitrogens with one attached hydrogen (secondary N) is 1. The molecule has 4 rings (SSSR count). The van der Waals surface area contributed by atoms with Crippen LogP contribution in [0.3, 0.4) is 0 Å². The van der Waals surface area contributed by atoms with Crippen molar-refractivity contribution in [3.05, 3.63) is 28.2 Å². The molecule has 0 aromatic heterocycles. The molecular weight excluding hydrogens is 464 g/mol. The van der Waals surface area contributed by atoms with Gasteiger partial charge in [-0.3, -0.25) is 4.79 Å². The Morgan fingerprint density at radius 3 is 2.59 bits per heavy atom. The van der Waals surface area contributed by atoms with E-state index in [0.717, 1.165) is 12.8 Å². The van der Waals surface area contributed by atoms with Crippen molar-refractivity contribution in [3.63, 3.8) is 0 Å². The lowest BCUT2D eigenvalue weighted by molar-refractivity contribution is -0.181. The van der Waals surface area contributed by atoms with E-state index >= 15 is 0 Å². The van der Waals surface area contributed by atoms with E-state index in [0.29, 0.717) is 55.8 Å². The molecule has 0 aliphatic carbocycles. The zero-order valence-electron chi connectivity index (χ0n) is 16.1. The second-order valence-corrected chi connectivity index (χ2v) is 10.1. The van der Waals surface area contributed by atoms with E-state index in [1.807, 2.05) is 0 Å². The molecule has 10 heteroatoms. The highest BCUT2D eigenvalue weighted by Gasteiger charge is 2.41. The quantitative estimate of drug-likeness (QED) is 0.679. The number of rotatable bonds is 5. The molecular formula is C19H25BrN2O6S. The molecule has 1 aromatic carbocycles. The maximum atomic E-state index is 13.0. The highest BCUT2D eigenvalue weighted by atomic mass is 79.9. The van der Waals surface area contributed by atoms with Gasteiger partial charge in [0.15, 0.2) is 5.79 Å². The minimum Gasteiger partial charge on any atom is -0.377 e. The van der Waals surface area contributed by atoms with E-state index in [1.54, 1.807) is 11.0 Å². The molecule has 29 heavy (non-hydrogen) atoms. The molecule has 3 fully saturated rings. The van der Waals surface area contributed by atoms with Gasteiger partial charge >= 0.3 is 0 Å². The summed E-state index contributed by atoms with van der Waals surface area (Å²) in [5.41, 5.74) is 0.328. The Bertz CT molecular complexity index is 855. The fourth-order valence-electron chi connectivity index (χ4n) is 3.93. The van der Waals surface area contributed by atoms with Gasteiger partial charge in [0.05, 0.1) is 29.8 Å². The number of hydrogen-bond donors (Lipinski definition) is 1. The fourth-order valence-corrected chi connectivity index (χ4v) is 5.44. The third kappa shape index (κ3) is 4.67. The molecule has 1 atom stereocenters. The normalized spacial score (nSPS) is 24.3. The van der Waals surface area contributed by atoms with Gasteiger partial charge in [0.25, 0.3) is 5.91 Å². The smallest absolute Gasteiger partial charge is 0.255 e. The van der Waals surface area contributed by atoms with Gasteiger partial charge in [0.1, 0.15) is 0 Å². The molecule has 3 heterocycles. The largest absolute Gasteiger partial charge is 0.377 e. The summed E-state index contributed by atoms with van der Waals surface area (Å²) in [6.45, 7) is 3.06. The van der Waals surface area contributed by atoms with E-state index < -0.39 is 15.8 Å². The molecule has 1 spiro atoms. The Labute approximate surface area is 179 Å². The van der Waals surface area contributed by atoms with Crippen LogP contribution in [0.1, 0.15) is 36.0 Å². The second-order valence-electron chi connectivity index (χ2n) is 7.53. The number of likely N-dealkylation sites (tertiary alicyclic amines) is 1.